The van der Waals surface area contributed by atoms with Gasteiger partial charge >= 0.3 is 0 Å². The first-order chi connectivity index (χ1) is 8.38. The predicted molar refractivity (Wildman–Crippen MR) is 73.2 cm³/mol. The van der Waals surface area contributed by atoms with Gasteiger partial charge in [-0.3, -0.25) is 0 Å². The summed E-state index contributed by atoms with van der Waals surface area (Å²) in [5.74, 6) is 0.732. The average molecular weight is 269 g/mol. The third-order valence-corrected chi connectivity index (χ3v) is 5.31. The van der Waals surface area contributed by atoms with Crippen LogP contribution in [0.5, 0.6) is 0 Å². The van der Waals surface area contributed by atoms with Gasteiger partial charge in [0.1, 0.15) is 0 Å². The van der Waals surface area contributed by atoms with Crippen LogP contribution in [0.1, 0.15) is 40.0 Å². The van der Waals surface area contributed by atoms with Crippen LogP contribution in [-0.2, 0) is 7.05 Å². The summed E-state index contributed by atoms with van der Waals surface area (Å²) in [5, 5.41) is 12.9. The third kappa shape index (κ3) is 3.03. The Hall–Kier alpha value is -0.620. The molecule has 2 rings (SSSR count). The van der Waals surface area contributed by atoms with Crippen LogP contribution in [0.2, 0.25) is 0 Å². The predicted octanol–water partition coefficient (Wildman–Crippen LogP) is 1.84. The number of hydrogen-bond acceptors (Lipinski definition) is 5. The number of nitrogens with zero attached hydrogens (tertiary/aromatic N) is 4. The number of tetrazole rings is 1. The molecule has 0 aliphatic heterocycles. The van der Waals surface area contributed by atoms with Crippen molar-refractivity contribution < 1.29 is 0 Å². The van der Waals surface area contributed by atoms with Crippen LogP contribution in [0.4, 0.5) is 0 Å². The first-order valence-electron chi connectivity index (χ1n) is 6.52. The van der Waals surface area contributed by atoms with Crippen molar-refractivity contribution in [2.24, 2.45) is 24.1 Å². The van der Waals surface area contributed by atoms with E-state index in [2.05, 4.69) is 36.3 Å². The molecule has 0 radical (unpaired) electrons. The zero-order chi connectivity index (χ0) is 13.3. The number of rotatable bonds is 2. The molecule has 1 aliphatic rings. The van der Waals surface area contributed by atoms with Crippen molar-refractivity contribution in [3.8, 4) is 0 Å². The molecule has 5 nitrogen and oxygen atoms in total. The Balaban J connectivity index is 2.04. The highest BCUT2D eigenvalue weighted by Crippen LogP contribution is 2.42. The quantitative estimate of drug-likeness (QED) is 0.887. The Bertz CT molecular complexity index is 397. The van der Waals surface area contributed by atoms with Crippen LogP contribution < -0.4 is 5.73 Å². The maximum atomic E-state index is 6.25. The summed E-state index contributed by atoms with van der Waals surface area (Å²) in [6.45, 7) is 6.96. The molecule has 102 valence electrons. The van der Waals surface area contributed by atoms with Crippen molar-refractivity contribution in [2.45, 2.75) is 56.5 Å². The number of thioether (sulfide) groups is 1. The number of nitrogens with two attached hydrogens (primary N) is 1. The van der Waals surface area contributed by atoms with Crippen molar-refractivity contribution in [1.29, 1.82) is 0 Å². The van der Waals surface area contributed by atoms with Crippen LogP contribution in [0.25, 0.3) is 0 Å². The normalized spacial score (nSPS) is 29.5. The molecule has 1 heterocycles. The van der Waals surface area contributed by atoms with E-state index in [9.17, 15) is 0 Å². The van der Waals surface area contributed by atoms with Gasteiger partial charge in [-0.1, -0.05) is 32.5 Å². The van der Waals surface area contributed by atoms with E-state index in [1.807, 2.05) is 7.05 Å². The van der Waals surface area contributed by atoms with Crippen molar-refractivity contribution in [3.63, 3.8) is 0 Å². The zero-order valence-corrected chi connectivity index (χ0v) is 12.4. The van der Waals surface area contributed by atoms with Gasteiger partial charge in [0.05, 0.1) is 0 Å². The molecule has 18 heavy (non-hydrogen) atoms. The van der Waals surface area contributed by atoms with Crippen LogP contribution >= 0.6 is 11.8 Å². The van der Waals surface area contributed by atoms with E-state index in [1.54, 1.807) is 16.4 Å². The fraction of sp³-hybridized carbons (Fsp3) is 0.917. The lowest BCUT2D eigenvalue weighted by molar-refractivity contribution is 0.174. The van der Waals surface area contributed by atoms with E-state index >= 15 is 0 Å². The molecular weight excluding hydrogens is 246 g/mol. The maximum absolute atomic E-state index is 6.25. The lowest BCUT2D eigenvalue weighted by Gasteiger charge is -2.40. The molecular formula is C12H23N5S. The number of hydrogen-bond donors (Lipinski definition) is 1. The minimum absolute atomic E-state index is 0.255. The lowest BCUT2D eigenvalue weighted by atomic mass is 9.71. The average Bonchev–Trinajstić information content (AvgIpc) is 2.66. The zero-order valence-electron chi connectivity index (χ0n) is 11.6. The minimum Gasteiger partial charge on any atom is -0.327 e. The van der Waals surface area contributed by atoms with Crippen molar-refractivity contribution >= 4 is 11.8 Å². The second-order valence-corrected chi connectivity index (χ2v) is 7.49. The molecule has 1 fully saturated rings. The standard InChI is InChI=1S/C12H23N5S/c1-12(2,3)8-5-6-9(13)10(7-8)18-11-14-15-16-17(11)4/h8-10H,5-7,13H2,1-4H3. The van der Waals surface area contributed by atoms with E-state index < -0.39 is 0 Å². The maximum Gasteiger partial charge on any atom is 0.209 e. The second kappa shape index (κ2) is 5.17. The lowest BCUT2D eigenvalue weighted by Crippen LogP contribution is -2.41. The van der Waals surface area contributed by atoms with E-state index in [0.717, 1.165) is 23.9 Å². The van der Waals surface area contributed by atoms with Gasteiger partial charge in [-0.15, -0.1) is 5.10 Å². The number of aryl methyl sites for hydroxylation is 1. The molecule has 1 aromatic heterocycles. The monoisotopic (exact) mass is 269 g/mol. The topological polar surface area (TPSA) is 69.6 Å². The highest BCUT2D eigenvalue weighted by Gasteiger charge is 2.35. The van der Waals surface area contributed by atoms with Crippen LogP contribution in [0.3, 0.4) is 0 Å². The summed E-state index contributed by atoms with van der Waals surface area (Å²) in [5.41, 5.74) is 6.61. The van der Waals surface area contributed by atoms with Gasteiger partial charge in [-0.05, 0) is 41.0 Å². The Labute approximate surface area is 113 Å². The fourth-order valence-corrected chi connectivity index (χ4v) is 3.71. The highest BCUT2D eigenvalue weighted by atomic mass is 32.2. The van der Waals surface area contributed by atoms with Gasteiger partial charge in [0.2, 0.25) is 5.16 Å². The fourth-order valence-electron chi connectivity index (χ4n) is 2.53. The third-order valence-electron chi connectivity index (χ3n) is 3.91. The first kappa shape index (κ1) is 13.8. The Morgan fingerprint density at radius 1 is 1.33 bits per heavy atom. The van der Waals surface area contributed by atoms with Crippen LogP contribution in [-0.4, -0.2) is 31.5 Å². The second-order valence-electron chi connectivity index (χ2n) is 6.28. The summed E-state index contributed by atoms with van der Waals surface area (Å²) in [6, 6.07) is 0.255. The number of aromatic nitrogens is 4. The molecule has 0 bridgehead atoms. The van der Waals surface area contributed by atoms with Crippen LogP contribution in [0.15, 0.2) is 5.16 Å². The van der Waals surface area contributed by atoms with Gasteiger partial charge in [-0.2, -0.15) is 0 Å². The molecule has 0 amide bonds. The first-order valence-corrected chi connectivity index (χ1v) is 7.40. The molecule has 0 aromatic carbocycles. The van der Waals surface area contributed by atoms with Crippen LogP contribution in [0, 0.1) is 11.3 Å². The summed E-state index contributed by atoms with van der Waals surface area (Å²) < 4.78 is 1.72. The molecule has 3 unspecified atom stereocenters. The molecule has 6 heteroatoms. The Morgan fingerprint density at radius 2 is 2.06 bits per heavy atom. The minimum atomic E-state index is 0.255. The van der Waals surface area contributed by atoms with Gasteiger partial charge in [0, 0.05) is 18.3 Å². The summed E-state index contributed by atoms with van der Waals surface area (Å²) in [6.07, 6.45) is 3.49. The molecule has 0 spiro atoms. The Kier molecular flexibility index (Phi) is 3.96. The molecule has 0 saturated heterocycles. The molecule has 2 N–H and O–H groups in total. The van der Waals surface area contributed by atoms with E-state index in [-0.39, 0.29) is 6.04 Å². The van der Waals surface area contributed by atoms with Gasteiger partial charge in [-0.25, -0.2) is 4.68 Å². The Morgan fingerprint density at radius 3 is 2.61 bits per heavy atom. The summed E-state index contributed by atoms with van der Waals surface area (Å²) in [7, 11) is 1.87. The van der Waals surface area contributed by atoms with Crippen molar-refractivity contribution in [3.05, 3.63) is 0 Å². The van der Waals surface area contributed by atoms with Gasteiger partial charge in [0.15, 0.2) is 0 Å². The van der Waals surface area contributed by atoms with E-state index in [0.29, 0.717) is 10.7 Å². The summed E-state index contributed by atoms with van der Waals surface area (Å²) in [4.78, 5) is 0. The molecule has 1 aromatic rings. The van der Waals surface area contributed by atoms with Gasteiger partial charge < -0.3 is 5.73 Å². The van der Waals surface area contributed by atoms with Crippen molar-refractivity contribution in [1.82, 2.24) is 20.2 Å². The van der Waals surface area contributed by atoms with Crippen molar-refractivity contribution in [2.75, 3.05) is 0 Å². The SMILES string of the molecule is Cn1nnnc1SC1CC(C(C)(C)C)CCC1N. The highest BCUT2D eigenvalue weighted by molar-refractivity contribution is 7.99. The van der Waals surface area contributed by atoms with E-state index in [1.165, 1.54) is 6.42 Å². The van der Waals surface area contributed by atoms with Gasteiger partial charge in [0.25, 0.3) is 0 Å². The molecule has 3 atom stereocenters. The molecule has 1 aliphatic carbocycles. The molecule has 1 saturated carbocycles. The smallest absolute Gasteiger partial charge is 0.209 e. The largest absolute Gasteiger partial charge is 0.327 e. The van der Waals surface area contributed by atoms with E-state index in [4.69, 9.17) is 5.73 Å². The summed E-state index contributed by atoms with van der Waals surface area (Å²) >= 11 is 1.73.